The highest BCUT2D eigenvalue weighted by Gasteiger charge is 2.46. The molecular weight excluding hydrogens is 500 g/mol. The van der Waals surface area contributed by atoms with Crippen LogP contribution in [0.5, 0.6) is 0 Å². The quantitative estimate of drug-likeness (QED) is 0.421. The molecule has 0 bridgehead atoms. The minimum atomic E-state index is -1.43. The molecule has 3 atom stereocenters. The molecule has 1 saturated heterocycles. The van der Waals surface area contributed by atoms with E-state index in [-0.39, 0.29) is 6.42 Å². The summed E-state index contributed by atoms with van der Waals surface area (Å²) < 4.78 is 5.82. The van der Waals surface area contributed by atoms with E-state index in [1.54, 1.807) is 6.92 Å². The number of carbonyl (C=O) groups is 5. The molecule has 1 saturated carbocycles. The van der Waals surface area contributed by atoms with E-state index in [1.165, 1.54) is 41.5 Å². The maximum atomic E-state index is 13.8. The zero-order valence-corrected chi connectivity index (χ0v) is 24.0. The molecule has 10 heteroatoms. The molecule has 0 aromatic heterocycles. The number of ether oxygens (including phenoxy) is 1. The summed E-state index contributed by atoms with van der Waals surface area (Å²) in [6, 6.07) is 9.26. The second kappa shape index (κ2) is 11.0. The lowest BCUT2D eigenvalue weighted by atomic mass is 9.83. The molecule has 4 N–H and O–H groups in total. The van der Waals surface area contributed by atoms with Gasteiger partial charge < -0.3 is 26.0 Å². The van der Waals surface area contributed by atoms with Gasteiger partial charge in [0.25, 0.3) is 0 Å². The highest BCUT2D eigenvalue weighted by Crippen LogP contribution is 2.30. The summed E-state index contributed by atoms with van der Waals surface area (Å²) in [6.07, 6.45) is 1.99. The summed E-state index contributed by atoms with van der Waals surface area (Å²) in [5, 5.41) is 11.1. The van der Waals surface area contributed by atoms with Crippen LogP contribution in [0.3, 0.4) is 0 Å². The smallest absolute Gasteiger partial charge is 0.331 e. The molecule has 39 heavy (non-hydrogen) atoms. The van der Waals surface area contributed by atoms with E-state index in [4.69, 9.17) is 4.74 Å². The highest BCUT2D eigenvalue weighted by atomic mass is 16.5. The van der Waals surface area contributed by atoms with E-state index < -0.39 is 63.8 Å². The van der Waals surface area contributed by atoms with Crippen molar-refractivity contribution in [2.75, 3.05) is 0 Å². The number of hydrogen-bond donors (Lipinski definition) is 4. The monoisotopic (exact) mass is 542 g/mol. The molecule has 0 spiro atoms. The van der Waals surface area contributed by atoms with E-state index in [0.717, 1.165) is 18.4 Å². The Morgan fingerprint density at radius 2 is 1.21 bits per heavy atom. The largest absolute Gasteiger partial charge is 0.460 e. The maximum absolute atomic E-state index is 13.8. The minimum Gasteiger partial charge on any atom is -0.460 e. The van der Waals surface area contributed by atoms with Gasteiger partial charge in [-0.05, 0) is 73.3 Å². The molecule has 214 valence electrons. The van der Waals surface area contributed by atoms with Crippen LogP contribution in [-0.2, 0) is 35.1 Å². The van der Waals surface area contributed by atoms with Crippen LogP contribution in [0.2, 0.25) is 0 Å². The van der Waals surface area contributed by atoms with Crippen LogP contribution < -0.4 is 21.3 Å². The van der Waals surface area contributed by atoms with Crippen molar-refractivity contribution in [3.8, 4) is 0 Å². The Kier molecular flexibility index (Phi) is 8.48. The number of amides is 4. The molecule has 2 aliphatic rings. The number of fused-ring (bicyclic) bond motifs is 1. The molecule has 2 fully saturated rings. The summed E-state index contributed by atoms with van der Waals surface area (Å²) in [5.41, 5.74) is -4.87. The number of benzene rings is 1. The molecular formula is C29H42N4O6. The predicted octanol–water partition coefficient (Wildman–Crippen LogP) is 1.90. The van der Waals surface area contributed by atoms with Gasteiger partial charge in [0, 0.05) is 6.42 Å². The van der Waals surface area contributed by atoms with Crippen LogP contribution in [0.25, 0.3) is 0 Å². The molecule has 10 nitrogen and oxygen atoms in total. The van der Waals surface area contributed by atoms with E-state index in [9.17, 15) is 24.0 Å². The summed E-state index contributed by atoms with van der Waals surface area (Å²) >= 11 is 0. The molecule has 1 heterocycles. The van der Waals surface area contributed by atoms with Crippen molar-refractivity contribution in [2.24, 2.45) is 5.92 Å². The summed E-state index contributed by atoms with van der Waals surface area (Å²) in [7, 11) is 0. The van der Waals surface area contributed by atoms with Crippen molar-refractivity contribution in [3.63, 3.8) is 0 Å². The Morgan fingerprint density at radius 3 is 1.79 bits per heavy atom. The van der Waals surface area contributed by atoms with Gasteiger partial charge in [0.15, 0.2) is 0 Å². The van der Waals surface area contributed by atoms with Crippen molar-refractivity contribution >= 4 is 29.6 Å². The third kappa shape index (κ3) is 6.96. The zero-order valence-electron chi connectivity index (χ0n) is 24.0. The van der Waals surface area contributed by atoms with Crippen molar-refractivity contribution in [2.45, 2.75) is 109 Å². The van der Waals surface area contributed by atoms with Crippen LogP contribution in [0.15, 0.2) is 30.3 Å². The van der Waals surface area contributed by atoms with Crippen LogP contribution >= 0.6 is 0 Å². The first-order valence-corrected chi connectivity index (χ1v) is 13.5. The van der Waals surface area contributed by atoms with E-state index in [0.29, 0.717) is 12.8 Å². The summed E-state index contributed by atoms with van der Waals surface area (Å²) in [4.78, 5) is 67.2. The second-order valence-electron chi connectivity index (χ2n) is 12.6. The number of rotatable bonds is 2. The third-order valence-electron chi connectivity index (χ3n) is 7.52. The first kappa shape index (κ1) is 30.1. The van der Waals surface area contributed by atoms with Gasteiger partial charge >= 0.3 is 5.97 Å². The van der Waals surface area contributed by atoms with Crippen molar-refractivity contribution in [1.29, 1.82) is 0 Å². The Bertz CT molecular complexity index is 1130. The van der Waals surface area contributed by atoms with Gasteiger partial charge in [-0.25, -0.2) is 4.79 Å². The molecule has 1 aliphatic heterocycles. The SMILES string of the molecule is CC1(C)NC(=O)C(C)(C)NC(=O)[C@](C)(Cc2ccccc2)NC(=O)[C@@H]2CCCC[C@H]2OC(=O)C(C)(C)NC1=O. The molecule has 1 aromatic rings. The fourth-order valence-corrected chi connectivity index (χ4v) is 4.84. The summed E-state index contributed by atoms with van der Waals surface area (Å²) in [5.74, 6) is -3.51. The lowest BCUT2D eigenvalue weighted by molar-refractivity contribution is -0.164. The highest BCUT2D eigenvalue weighted by molar-refractivity contribution is 6.00. The number of carbonyl (C=O) groups excluding carboxylic acids is 5. The molecule has 4 amide bonds. The van der Waals surface area contributed by atoms with Gasteiger partial charge in [0.1, 0.15) is 28.3 Å². The van der Waals surface area contributed by atoms with Crippen molar-refractivity contribution < 1.29 is 28.7 Å². The second-order valence-corrected chi connectivity index (χ2v) is 12.6. The zero-order chi connectivity index (χ0) is 29.2. The van der Waals surface area contributed by atoms with Crippen LogP contribution in [-0.4, -0.2) is 57.9 Å². The molecule has 1 aromatic carbocycles. The summed E-state index contributed by atoms with van der Waals surface area (Å²) in [6.45, 7) is 10.7. The Balaban J connectivity index is 2.05. The fraction of sp³-hybridized carbons (Fsp3) is 0.621. The number of esters is 1. The molecule has 0 unspecified atom stereocenters. The van der Waals surface area contributed by atoms with Gasteiger partial charge in [-0.2, -0.15) is 0 Å². The minimum absolute atomic E-state index is 0.168. The van der Waals surface area contributed by atoms with Crippen LogP contribution in [0.1, 0.15) is 79.7 Å². The average molecular weight is 543 g/mol. The van der Waals surface area contributed by atoms with E-state index in [1.807, 2.05) is 30.3 Å². The number of hydrogen-bond acceptors (Lipinski definition) is 6. The topological polar surface area (TPSA) is 143 Å². The standard InChI is InChI=1S/C29H42N4O6/c1-26(2)23(36)32-28(5,6)25(38)39-20-16-12-11-15-19(20)21(34)30-29(7,17-18-13-9-8-10-14-18)24(37)33-27(3,4)22(35)31-26/h8-10,13-14,19-20H,11-12,15-17H2,1-7H3,(H,30,34)(H,31,35)(H,32,36)(H,33,37)/t19-,20-,29+/m1/s1. The Morgan fingerprint density at radius 1 is 0.692 bits per heavy atom. The van der Waals surface area contributed by atoms with Crippen molar-refractivity contribution in [1.82, 2.24) is 21.3 Å². The lowest BCUT2D eigenvalue weighted by Crippen LogP contribution is -2.68. The number of nitrogens with one attached hydrogen (secondary N) is 4. The molecule has 0 radical (unpaired) electrons. The Hall–Kier alpha value is -3.43. The van der Waals surface area contributed by atoms with Gasteiger partial charge in [0.2, 0.25) is 23.6 Å². The van der Waals surface area contributed by atoms with Gasteiger partial charge in [-0.15, -0.1) is 0 Å². The van der Waals surface area contributed by atoms with Gasteiger partial charge in [-0.1, -0.05) is 36.8 Å². The average Bonchev–Trinajstić information content (AvgIpc) is 2.83. The first-order valence-electron chi connectivity index (χ1n) is 13.5. The third-order valence-corrected chi connectivity index (χ3v) is 7.52. The van der Waals surface area contributed by atoms with Gasteiger partial charge in [-0.3, -0.25) is 19.2 Å². The van der Waals surface area contributed by atoms with Crippen molar-refractivity contribution in [3.05, 3.63) is 35.9 Å². The first-order chi connectivity index (χ1) is 18.0. The van der Waals surface area contributed by atoms with Crippen LogP contribution in [0.4, 0.5) is 0 Å². The molecule has 1 aliphatic carbocycles. The lowest BCUT2D eigenvalue weighted by Gasteiger charge is -2.39. The molecule has 3 rings (SSSR count). The Labute approximate surface area is 230 Å². The normalized spacial score (nSPS) is 29.6. The maximum Gasteiger partial charge on any atom is 0.331 e. The van der Waals surface area contributed by atoms with E-state index in [2.05, 4.69) is 21.3 Å². The predicted molar refractivity (Wildman–Crippen MR) is 145 cm³/mol. The van der Waals surface area contributed by atoms with E-state index >= 15 is 0 Å². The fourth-order valence-electron chi connectivity index (χ4n) is 4.84. The van der Waals surface area contributed by atoms with Gasteiger partial charge in [0.05, 0.1) is 5.92 Å². The van der Waals surface area contributed by atoms with Crippen LogP contribution in [0, 0.1) is 5.92 Å².